The molecule has 1 atom stereocenters. The van der Waals surface area contributed by atoms with E-state index in [0.29, 0.717) is 26.7 Å². The maximum atomic E-state index is 10.8. The summed E-state index contributed by atoms with van der Waals surface area (Å²) in [5.41, 5.74) is 0. The fourth-order valence-electron chi connectivity index (χ4n) is 1.09. The Morgan fingerprint density at radius 1 is 1.35 bits per heavy atom. The SMILES string of the molecule is CC(=O)NC(C=O)Oc1cc(S)c(S)c(S)c1. The van der Waals surface area contributed by atoms with Crippen LogP contribution in [0, 0.1) is 0 Å². The maximum absolute atomic E-state index is 10.8. The molecule has 0 aliphatic rings. The first-order valence-corrected chi connectivity index (χ1v) is 5.92. The van der Waals surface area contributed by atoms with Crippen LogP contribution in [0.25, 0.3) is 0 Å². The van der Waals surface area contributed by atoms with Gasteiger partial charge in [-0.1, -0.05) is 0 Å². The van der Waals surface area contributed by atoms with Crippen molar-refractivity contribution < 1.29 is 14.3 Å². The molecular weight excluding hydrogens is 278 g/mol. The van der Waals surface area contributed by atoms with Gasteiger partial charge in [0.05, 0.1) is 0 Å². The quantitative estimate of drug-likeness (QED) is 0.387. The molecule has 1 amide bonds. The molecule has 1 aromatic carbocycles. The van der Waals surface area contributed by atoms with Crippen LogP contribution in [-0.4, -0.2) is 18.4 Å². The molecule has 0 heterocycles. The number of carbonyl (C=O) groups excluding carboxylic acids is 2. The Hall–Kier alpha value is -0.790. The molecule has 4 nitrogen and oxygen atoms in total. The molecule has 92 valence electrons. The van der Waals surface area contributed by atoms with Gasteiger partial charge in [-0.25, -0.2) is 0 Å². The highest BCUT2D eigenvalue weighted by molar-refractivity contribution is 7.85. The molecule has 0 bridgehead atoms. The number of ether oxygens (including phenoxy) is 1. The van der Waals surface area contributed by atoms with E-state index in [1.165, 1.54) is 6.92 Å². The van der Waals surface area contributed by atoms with Gasteiger partial charge in [-0.05, 0) is 12.1 Å². The van der Waals surface area contributed by atoms with Gasteiger partial charge in [-0.3, -0.25) is 9.59 Å². The van der Waals surface area contributed by atoms with Gasteiger partial charge in [0.25, 0.3) is 0 Å². The maximum Gasteiger partial charge on any atom is 0.228 e. The Kier molecular flexibility index (Phi) is 5.23. The molecule has 1 aromatic rings. The van der Waals surface area contributed by atoms with Gasteiger partial charge in [-0.15, -0.1) is 37.9 Å². The molecule has 0 aliphatic heterocycles. The van der Waals surface area contributed by atoms with E-state index in [4.69, 9.17) is 4.74 Å². The fourth-order valence-corrected chi connectivity index (χ4v) is 1.80. The molecule has 0 aromatic heterocycles. The van der Waals surface area contributed by atoms with Crippen molar-refractivity contribution in [3.63, 3.8) is 0 Å². The van der Waals surface area contributed by atoms with Crippen molar-refractivity contribution in [1.29, 1.82) is 0 Å². The summed E-state index contributed by atoms with van der Waals surface area (Å²) in [5, 5.41) is 2.33. The number of rotatable bonds is 4. The van der Waals surface area contributed by atoms with E-state index < -0.39 is 6.23 Å². The molecule has 1 unspecified atom stereocenters. The molecule has 1 rings (SSSR count). The number of amides is 1. The van der Waals surface area contributed by atoms with E-state index >= 15 is 0 Å². The molecule has 0 saturated carbocycles. The van der Waals surface area contributed by atoms with Crippen LogP contribution in [0.2, 0.25) is 0 Å². The second-order valence-electron chi connectivity index (χ2n) is 3.19. The summed E-state index contributed by atoms with van der Waals surface area (Å²) < 4.78 is 5.26. The second-order valence-corrected chi connectivity index (χ2v) is 4.60. The largest absolute Gasteiger partial charge is 0.463 e. The monoisotopic (exact) mass is 289 g/mol. The van der Waals surface area contributed by atoms with Crippen LogP contribution in [0.3, 0.4) is 0 Å². The van der Waals surface area contributed by atoms with Crippen LogP contribution in [0.4, 0.5) is 0 Å². The molecule has 0 aliphatic carbocycles. The third-order valence-electron chi connectivity index (χ3n) is 1.78. The summed E-state index contributed by atoms with van der Waals surface area (Å²) in [7, 11) is 0. The Balaban J connectivity index is 2.87. The smallest absolute Gasteiger partial charge is 0.228 e. The highest BCUT2D eigenvalue weighted by atomic mass is 32.1. The minimum absolute atomic E-state index is 0.356. The van der Waals surface area contributed by atoms with Crippen molar-refractivity contribution in [1.82, 2.24) is 5.32 Å². The summed E-state index contributed by atoms with van der Waals surface area (Å²) in [6.45, 7) is 1.30. The molecule has 17 heavy (non-hydrogen) atoms. The van der Waals surface area contributed by atoms with Crippen LogP contribution < -0.4 is 10.1 Å². The summed E-state index contributed by atoms with van der Waals surface area (Å²) in [6, 6.07) is 3.17. The van der Waals surface area contributed by atoms with Crippen LogP contribution >= 0.6 is 37.9 Å². The number of carbonyl (C=O) groups is 2. The lowest BCUT2D eigenvalue weighted by atomic mass is 10.3. The number of hydrogen-bond donors (Lipinski definition) is 4. The van der Waals surface area contributed by atoms with Crippen LogP contribution in [-0.2, 0) is 9.59 Å². The van der Waals surface area contributed by atoms with Crippen molar-refractivity contribution in [2.75, 3.05) is 0 Å². The van der Waals surface area contributed by atoms with E-state index in [2.05, 4.69) is 43.2 Å². The molecule has 0 fully saturated rings. The standard InChI is InChI=1S/C10H11NO3S3/c1-5(13)11-9(4-12)14-6-2-7(15)10(17)8(16)3-6/h2-4,9,15-17H,1H3,(H,11,13). The summed E-state index contributed by atoms with van der Waals surface area (Å²) >= 11 is 12.5. The highest BCUT2D eigenvalue weighted by Gasteiger charge is 2.11. The number of hydrogen-bond acceptors (Lipinski definition) is 6. The van der Waals surface area contributed by atoms with Crippen molar-refractivity contribution >= 4 is 50.1 Å². The van der Waals surface area contributed by atoms with E-state index in [0.717, 1.165) is 0 Å². The summed E-state index contributed by atoms with van der Waals surface area (Å²) in [5.74, 6) is 0.0220. The first-order valence-electron chi connectivity index (χ1n) is 4.58. The Labute approximate surface area is 115 Å². The Morgan fingerprint density at radius 2 is 1.88 bits per heavy atom. The Bertz CT molecular complexity index is 427. The second kappa shape index (κ2) is 6.23. The van der Waals surface area contributed by atoms with E-state index in [1.807, 2.05) is 0 Å². The van der Waals surface area contributed by atoms with Crippen molar-refractivity contribution in [2.45, 2.75) is 27.8 Å². The topological polar surface area (TPSA) is 55.4 Å². The number of thiol groups is 3. The summed E-state index contributed by atoms with van der Waals surface area (Å²) in [6.07, 6.45) is -0.537. The average molecular weight is 289 g/mol. The van der Waals surface area contributed by atoms with Crippen molar-refractivity contribution in [3.8, 4) is 5.75 Å². The minimum Gasteiger partial charge on any atom is -0.463 e. The lowest BCUT2D eigenvalue weighted by molar-refractivity contribution is -0.126. The van der Waals surface area contributed by atoms with Gasteiger partial charge >= 0.3 is 0 Å². The van der Waals surface area contributed by atoms with Gasteiger partial charge in [0, 0.05) is 21.6 Å². The van der Waals surface area contributed by atoms with Gasteiger partial charge in [-0.2, -0.15) is 0 Å². The lowest BCUT2D eigenvalue weighted by Crippen LogP contribution is -2.38. The normalized spacial score (nSPS) is 11.8. The zero-order chi connectivity index (χ0) is 13.0. The third-order valence-corrected chi connectivity index (χ3v) is 3.32. The zero-order valence-corrected chi connectivity index (χ0v) is 11.6. The van der Waals surface area contributed by atoms with E-state index in [-0.39, 0.29) is 5.91 Å². The molecular formula is C10H11NO3S3. The van der Waals surface area contributed by atoms with Crippen LogP contribution in [0.15, 0.2) is 26.8 Å². The number of nitrogens with one attached hydrogen (secondary N) is 1. The fraction of sp³-hybridized carbons (Fsp3) is 0.200. The third kappa shape index (κ3) is 4.18. The van der Waals surface area contributed by atoms with Crippen molar-refractivity contribution in [2.24, 2.45) is 0 Å². The minimum atomic E-state index is -1.03. The predicted molar refractivity (Wildman–Crippen MR) is 72.5 cm³/mol. The van der Waals surface area contributed by atoms with E-state index in [9.17, 15) is 9.59 Å². The van der Waals surface area contributed by atoms with Gasteiger partial charge in [0.1, 0.15) is 5.75 Å². The average Bonchev–Trinajstić information content (AvgIpc) is 2.24. The van der Waals surface area contributed by atoms with E-state index in [1.54, 1.807) is 12.1 Å². The van der Waals surface area contributed by atoms with Crippen molar-refractivity contribution in [3.05, 3.63) is 12.1 Å². The molecule has 0 saturated heterocycles. The predicted octanol–water partition coefficient (Wildman–Crippen LogP) is 1.59. The van der Waals surface area contributed by atoms with Gasteiger partial charge in [0.15, 0.2) is 6.29 Å². The zero-order valence-electron chi connectivity index (χ0n) is 8.88. The number of benzene rings is 1. The molecule has 0 radical (unpaired) electrons. The Morgan fingerprint density at radius 3 is 2.29 bits per heavy atom. The first-order chi connectivity index (χ1) is 7.93. The van der Waals surface area contributed by atoms with Crippen LogP contribution in [0.1, 0.15) is 6.92 Å². The molecule has 7 heteroatoms. The highest BCUT2D eigenvalue weighted by Crippen LogP contribution is 2.30. The van der Waals surface area contributed by atoms with Gasteiger partial charge in [0.2, 0.25) is 12.1 Å². The van der Waals surface area contributed by atoms with Crippen LogP contribution in [0.5, 0.6) is 5.75 Å². The number of aldehydes is 1. The summed E-state index contributed by atoms with van der Waals surface area (Å²) in [4.78, 5) is 23.2. The molecule has 1 N–H and O–H groups in total. The molecule has 0 spiro atoms. The lowest BCUT2D eigenvalue weighted by Gasteiger charge is -2.15. The van der Waals surface area contributed by atoms with Gasteiger partial charge < -0.3 is 10.1 Å². The first kappa shape index (κ1) is 14.3.